The third kappa shape index (κ3) is 3.18. The molecule has 4 heteroatoms. The first kappa shape index (κ1) is 14.5. The minimum absolute atomic E-state index is 0.142. The fourth-order valence-electron chi connectivity index (χ4n) is 2.70. The number of methoxy groups -OCH3 is 1. The van der Waals surface area contributed by atoms with Crippen LogP contribution in [0.5, 0.6) is 0 Å². The smallest absolute Gasteiger partial charge is 0.323 e. The topological polar surface area (TPSA) is 38.3 Å². The molecule has 1 N–H and O–H groups in total. The van der Waals surface area contributed by atoms with E-state index in [1.165, 1.54) is 30.4 Å². The second kappa shape index (κ2) is 6.53. The zero-order chi connectivity index (χ0) is 13.8. The molecule has 1 aromatic rings. The highest BCUT2D eigenvalue weighted by molar-refractivity contribution is 7.10. The molecule has 0 bridgehead atoms. The molecule has 0 aliphatic heterocycles. The fraction of sp³-hybridized carbons (Fsp3) is 0.667. The molecular weight excluding hydrogens is 258 g/mol. The van der Waals surface area contributed by atoms with E-state index in [2.05, 4.69) is 30.6 Å². The van der Waals surface area contributed by atoms with Crippen LogP contribution in [0.1, 0.15) is 49.6 Å². The summed E-state index contributed by atoms with van der Waals surface area (Å²) in [7, 11) is 1.47. The van der Waals surface area contributed by atoms with Crippen molar-refractivity contribution in [3.8, 4) is 0 Å². The van der Waals surface area contributed by atoms with Gasteiger partial charge in [-0.05, 0) is 42.2 Å². The number of rotatable bonds is 5. The van der Waals surface area contributed by atoms with Gasteiger partial charge in [-0.15, -0.1) is 11.3 Å². The fourth-order valence-corrected chi connectivity index (χ4v) is 3.69. The van der Waals surface area contributed by atoms with E-state index in [-0.39, 0.29) is 17.9 Å². The predicted molar refractivity (Wildman–Crippen MR) is 78.4 cm³/mol. The van der Waals surface area contributed by atoms with Gasteiger partial charge in [-0.1, -0.05) is 20.3 Å². The van der Waals surface area contributed by atoms with Gasteiger partial charge in [0.2, 0.25) is 0 Å². The molecule has 1 aliphatic rings. The molecule has 2 rings (SSSR count). The van der Waals surface area contributed by atoms with Crippen LogP contribution in [0.3, 0.4) is 0 Å². The van der Waals surface area contributed by atoms with Crippen molar-refractivity contribution in [3.05, 3.63) is 21.9 Å². The molecule has 1 heterocycles. The Morgan fingerprint density at radius 1 is 1.63 bits per heavy atom. The Kier molecular flexibility index (Phi) is 4.99. The number of ether oxygens (including phenoxy) is 1. The standard InChI is InChI=1S/C15H23NO2S/c1-4-10(2)14(15(17)18-3)16-12-6-5-7-13-11(12)8-9-19-13/h8-10,12,14,16H,4-7H2,1-3H3. The lowest BCUT2D eigenvalue weighted by Gasteiger charge is -2.30. The number of aryl methyl sites for hydroxylation is 1. The summed E-state index contributed by atoms with van der Waals surface area (Å²) in [5.74, 6) is 0.146. The minimum Gasteiger partial charge on any atom is -0.468 e. The monoisotopic (exact) mass is 281 g/mol. The first-order valence-corrected chi connectivity index (χ1v) is 7.95. The van der Waals surface area contributed by atoms with Crippen LogP contribution in [0.4, 0.5) is 0 Å². The van der Waals surface area contributed by atoms with E-state index in [4.69, 9.17) is 4.74 Å². The highest BCUT2D eigenvalue weighted by Crippen LogP contribution is 2.34. The summed E-state index contributed by atoms with van der Waals surface area (Å²) in [5.41, 5.74) is 1.38. The molecule has 0 saturated heterocycles. The predicted octanol–water partition coefficient (Wildman–Crippen LogP) is 3.30. The van der Waals surface area contributed by atoms with Crippen LogP contribution in [-0.4, -0.2) is 19.1 Å². The summed E-state index contributed by atoms with van der Waals surface area (Å²) < 4.78 is 4.95. The van der Waals surface area contributed by atoms with Gasteiger partial charge in [-0.25, -0.2) is 0 Å². The highest BCUT2D eigenvalue weighted by Gasteiger charge is 2.30. The van der Waals surface area contributed by atoms with Crippen molar-refractivity contribution in [1.82, 2.24) is 5.32 Å². The van der Waals surface area contributed by atoms with Crippen molar-refractivity contribution in [2.24, 2.45) is 5.92 Å². The molecule has 1 aliphatic carbocycles. The van der Waals surface area contributed by atoms with Crippen LogP contribution in [0.15, 0.2) is 11.4 Å². The summed E-state index contributed by atoms with van der Waals surface area (Å²) in [5, 5.41) is 5.69. The molecule has 3 nitrogen and oxygen atoms in total. The first-order chi connectivity index (χ1) is 9.17. The highest BCUT2D eigenvalue weighted by atomic mass is 32.1. The zero-order valence-corrected chi connectivity index (χ0v) is 12.8. The molecule has 3 atom stereocenters. The number of fused-ring (bicyclic) bond motifs is 1. The summed E-state index contributed by atoms with van der Waals surface area (Å²) in [6.45, 7) is 4.21. The molecule has 0 radical (unpaired) electrons. The maximum atomic E-state index is 12.0. The van der Waals surface area contributed by atoms with Crippen molar-refractivity contribution in [1.29, 1.82) is 0 Å². The van der Waals surface area contributed by atoms with Crippen LogP contribution in [0.2, 0.25) is 0 Å². The summed E-state index contributed by atoms with van der Waals surface area (Å²) in [4.78, 5) is 13.4. The number of carbonyl (C=O) groups is 1. The third-order valence-electron chi connectivity index (χ3n) is 4.10. The van der Waals surface area contributed by atoms with E-state index in [1.54, 1.807) is 0 Å². The first-order valence-electron chi connectivity index (χ1n) is 7.07. The molecule has 0 spiro atoms. The van der Waals surface area contributed by atoms with Gasteiger partial charge in [0.1, 0.15) is 6.04 Å². The number of esters is 1. The van der Waals surface area contributed by atoms with Crippen molar-refractivity contribution in [2.75, 3.05) is 7.11 Å². The zero-order valence-electron chi connectivity index (χ0n) is 11.9. The van der Waals surface area contributed by atoms with E-state index in [0.717, 1.165) is 12.8 Å². The molecule has 0 saturated carbocycles. The number of thiophene rings is 1. The van der Waals surface area contributed by atoms with E-state index in [9.17, 15) is 4.79 Å². The number of hydrogen-bond donors (Lipinski definition) is 1. The van der Waals surface area contributed by atoms with Gasteiger partial charge in [-0.2, -0.15) is 0 Å². The molecule has 0 amide bonds. The van der Waals surface area contributed by atoms with Crippen molar-refractivity contribution >= 4 is 17.3 Å². The molecule has 3 unspecified atom stereocenters. The number of hydrogen-bond acceptors (Lipinski definition) is 4. The average molecular weight is 281 g/mol. The molecule has 0 aromatic carbocycles. The molecule has 106 valence electrons. The van der Waals surface area contributed by atoms with Gasteiger partial charge in [0.15, 0.2) is 0 Å². The van der Waals surface area contributed by atoms with Crippen molar-refractivity contribution < 1.29 is 9.53 Å². The second-order valence-corrected chi connectivity index (χ2v) is 6.30. The normalized spacial score (nSPS) is 21.5. The van der Waals surface area contributed by atoms with Crippen LogP contribution in [0, 0.1) is 5.92 Å². The Bertz CT molecular complexity index is 430. The second-order valence-electron chi connectivity index (χ2n) is 5.30. The largest absolute Gasteiger partial charge is 0.468 e. The van der Waals surface area contributed by atoms with E-state index >= 15 is 0 Å². The van der Waals surface area contributed by atoms with E-state index in [0.29, 0.717) is 6.04 Å². The molecule has 1 aromatic heterocycles. The van der Waals surface area contributed by atoms with Crippen molar-refractivity contribution in [3.63, 3.8) is 0 Å². The average Bonchev–Trinajstić information content (AvgIpc) is 2.92. The maximum absolute atomic E-state index is 12.0. The Morgan fingerprint density at radius 3 is 3.11 bits per heavy atom. The summed E-state index contributed by atoms with van der Waals surface area (Å²) >= 11 is 1.83. The summed E-state index contributed by atoms with van der Waals surface area (Å²) in [6, 6.07) is 2.29. The number of nitrogens with one attached hydrogen (secondary N) is 1. The maximum Gasteiger partial charge on any atom is 0.323 e. The van der Waals surface area contributed by atoms with Crippen LogP contribution in [-0.2, 0) is 16.0 Å². The Labute approximate surface area is 119 Å². The van der Waals surface area contributed by atoms with Gasteiger partial charge in [0, 0.05) is 10.9 Å². The molecule has 0 fully saturated rings. The van der Waals surface area contributed by atoms with Crippen LogP contribution < -0.4 is 5.32 Å². The minimum atomic E-state index is -0.203. The lowest BCUT2D eigenvalue weighted by atomic mass is 9.91. The molecular formula is C15H23NO2S. The lowest BCUT2D eigenvalue weighted by Crippen LogP contribution is -2.44. The SMILES string of the molecule is CCC(C)C(NC1CCCc2sccc21)C(=O)OC. The van der Waals surface area contributed by atoms with Crippen LogP contribution in [0.25, 0.3) is 0 Å². The van der Waals surface area contributed by atoms with Gasteiger partial charge < -0.3 is 4.74 Å². The molecule has 19 heavy (non-hydrogen) atoms. The third-order valence-corrected chi connectivity index (χ3v) is 5.10. The Hall–Kier alpha value is -0.870. The van der Waals surface area contributed by atoms with Crippen LogP contribution >= 0.6 is 11.3 Å². The summed E-state index contributed by atoms with van der Waals surface area (Å²) in [6.07, 6.45) is 4.45. The Morgan fingerprint density at radius 2 is 2.42 bits per heavy atom. The van der Waals surface area contributed by atoms with Gasteiger partial charge in [0.05, 0.1) is 7.11 Å². The Balaban J connectivity index is 2.12. The van der Waals surface area contributed by atoms with Gasteiger partial charge in [0.25, 0.3) is 0 Å². The van der Waals surface area contributed by atoms with E-state index in [1.807, 2.05) is 11.3 Å². The number of carbonyl (C=O) groups excluding carboxylic acids is 1. The van der Waals surface area contributed by atoms with E-state index < -0.39 is 0 Å². The van der Waals surface area contributed by atoms with Gasteiger partial charge in [-0.3, -0.25) is 10.1 Å². The quantitative estimate of drug-likeness (QED) is 0.842. The van der Waals surface area contributed by atoms with Gasteiger partial charge >= 0.3 is 5.97 Å². The lowest BCUT2D eigenvalue weighted by molar-refractivity contribution is -0.144. The van der Waals surface area contributed by atoms with Crippen molar-refractivity contribution in [2.45, 2.75) is 51.6 Å².